The molecule has 0 aromatic carbocycles. The summed E-state index contributed by atoms with van der Waals surface area (Å²) in [6.07, 6.45) is 1.48. The minimum Gasteiger partial charge on any atom is -0.497 e. The quantitative estimate of drug-likeness (QED) is 0.257. The highest BCUT2D eigenvalue weighted by Gasteiger charge is 1.86. The fraction of sp³-hybridized carbons (Fsp3) is 0.167. The van der Waals surface area contributed by atoms with Gasteiger partial charge in [0, 0.05) is 6.08 Å². The zero-order valence-corrected chi connectivity index (χ0v) is 5.98. The molecule has 0 rings (SSSR count). The predicted octanol–water partition coefficient (Wildman–Crippen LogP) is 1.93. The summed E-state index contributed by atoms with van der Waals surface area (Å²) in [5.74, 6) is 0.465. The molecule has 0 unspecified atom stereocenters. The summed E-state index contributed by atoms with van der Waals surface area (Å²) >= 11 is 5.43. The number of aliphatic imine (C=N–C) groups is 1. The van der Waals surface area contributed by atoms with Crippen molar-refractivity contribution in [3.8, 4) is 0 Å². The summed E-state index contributed by atoms with van der Waals surface area (Å²) in [6, 6.07) is 0. The Bertz CT molecular complexity index is 151. The summed E-state index contributed by atoms with van der Waals surface area (Å²) in [4.78, 5) is 3.41. The largest absolute Gasteiger partial charge is 0.497 e. The molecule has 0 fully saturated rings. The molecule has 3 heteroatoms. The van der Waals surface area contributed by atoms with Crippen molar-refractivity contribution in [1.29, 1.82) is 0 Å². The molecule has 0 amide bonds. The van der Waals surface area contributed by atoms with Crippen molar-refractivity contribution in [2.75, 3.05) is 7.11 Å². The van der Waals surface area contributed by atoms with E-state index in [0.717, 1.165) is 0 Å². The minimum atomic E-state index is 0.279. The lowest BCUT2D eigenvalue weighted by molar-refractivity contribution is 0.308. The maximum Gasteiger partial charge on any atom is 0.131 e. The predicted molar refractivity (Wildman–Crippen MR) is 39.6 cm³/mol. The zero-order chi connectivity index (χ0) is 7.28. The second-order valence-corrected chi connectivity index (χ2v) is 1.68. The van der Waals surface area contributed by atoms with Crippen molar-refractivity contribution in [3.63, 3.8) is 0 Å². The van der Waals surface area contributed by atoms with E-state index in [9.17, 15) is 0 Å². The first kappa shape index (κ1) is 8.24. The molecule has 0 aliphatic heterocycles. The minimum absolute atomic E-state index is 0.279. The third kappa shape index (κ3) is 3.79. The van der Waals surface area contributed by atoms with Crippen LogP contribution in [0, 0.1) is 0 Å². The van der Waals surface area contributed by atoms with Gasteiger partial charge in [-0.3, -0.25) is 4.99 Å². The van der Waals surface area contributed by atoms with Crippen LogP contribution >= 0.6 is 11.6 Å². The lowest BCUT2D eigenvalue weighted by Gasteiger charge is -1.94. The van der Waals surface area contributed by atoms with Crippen LogP contribution in [0.3, 0.4) is 0 Å². The topological polar surface area (TPSA) is 21.6 Å². The van der Waals surface area contributed by atoms with Gasteiger partial charge in [0.05, 0.1) is 7.11 Å². The Labute approximate surface area is 59.5 Å². The number of allylic oxidation sites excluding steroid dienone is 1. The molecule has 9 heavy (non-hydrogen) atoms. The van der Waals surface area contributed by atoms with Crippen LogP contribution in [-0.4, -0.2) is 13.8 Å². The molecule has 0 saturated heterocycles. The Morgan fingerprint density at radius 2 is 2.33 bits per heavy atom. The van der Waals surface area contributed by atoms with E-state index < -0.39 is 0 Å². The highest BCUT2D eigenvalue weighted by molar-refractivity contribution is 6.29. The van der Waals surface area contributed by atoms with Gasteiger partial charge >= 0.3 is 0 Å². The molecule has 0 aliphatic carbocycles. The Morgan fingerprint density at radius 3 is 2.67 bits per heavy atom. The van der Waals surface area contributed by atoms with E-state index in [-0.39, 0.29) is 5.16 Å². The number of hydrogen-bond donors (Lipinski definition) is 0. The fourth-order valence-corrected chi connectivity index (χ4v) is 0.359. The Morgan fingerprint density at radius 1 is 1.78 bits per heavy atom. The van der Waals surface area contributed by atoms with E-state index in [1.807, 2.05) is 0 Å². The molecule has 0 atom stereocenters. The van der Waals surface area contributed by atoms with Crippen molar-refractivity contribution in [2.45, 2.75) is 0 Å². The smallest absolute Gasteiger partial charge is 0.131 e. The van der Waals surface area contributed by atoms with Gasteiger partial charge in [0.25, 0.3) is 0 Å². The maximum atomic E-state index is 5.43. The molecule has 0 aromatic heterocycles. The summed E-state index contributed by atoms with van der Waals surface area (Å²) in [6.45, 7) is 6.69. The van der Waals surface area contributed by atoms with Crippen LogP contribution in [0.2, 0.25) is 0 Å². The number of nitrogens with zero attached hydrogens (tertiary/aromatic N) is 1. The Hall–Kier alpha value is -0.760. The lowest BCUT2D eigenvalue weighted by Crippen LogP contribution is -1.77. The van der Waals surface area contributed by atoms with Crippen LogP contribution in [0.25, 0.3) is 0 Å². The maximum absolute atomic E-state index is 5.43. The molecule has 0 aliphatic rings. The van der Waals surface area contributed by atoms with Crippen LogP contribution in [-0.2, 0) is 4.74 Å². The molecule has 0 bridgehead atoms. The van der Waals surface area contributed by atoms with Gasteiger partial charge in [-0.25, -0.2) is 0 Å². The van der Waals surface area contributed by atoms with E-state index in [2.05, 4.69) is 23.0 Å². The first-order valence-corrected chi connectivity index (χ1v) is 2.65. The molecule has 0 radical (unpaired) electrons. The molecule has 0 heterocycles. The summed E-state index contributed by atoms with van der Waals surface area (Å²) in [7, 11) is 1.51. The van der Waals surface area contributed by atoms with Gasteiger partial charge in [-0.1, -0.05) is 18.2 Å². The van der Waals surface area contributed by atoms with Crippen LogP contribution in [0.4, 0.5) is 0 Å². The molecule has 0 spiro atoms. The molecular weight excluding hydrogens is 138 g/mol. The van der Waals surface area contributed by atoms with E-state index in [4.69, 9.17) is 11.6 Å². The highest BCUT2D eigenvalue weighted by Crippen LogP contribution is 2.05. The number of methoxy groups -OCH3 is 1. The van der Waals surface area contributed by atoms with Crippen molar-refractivity contribution < 1.29 is 4.74 Å². The first-order chi connectivity index (χ1) is 4.20. The first-order valence-electron chi connectivity index (χ1n) is 2.27. The van der Waals surface area contributed by atoms with Crippen molar-refractivity contribution >= 4 is 18.3 Å². The summed E-state index contributed by atoms with van der Waals surface area (Å²) in [5, 5.41) is 0.279. The second kappa shape index (κ2) is 4.15. The average molecular weight is 146 g/mol. The van der Waals surface area contributed by atoms with E-state index >= 15 is 0 Å². The zero-order valence-electron chi connectivity index (χ0n) is 5.22. The van der Waals surface area contributed by atoms with Crippen LogP contribution in [0.1, 0.15) is 0 Å². The van der Waals surface area contributed by atoms with Crippen LogP contribution < -0.4 is 0 Å². The number of rotatable bonds is 3. The van der Waals surface area contributed by atoms with Gasteiger partial charge in [0.1, 0.15) is 10.9 Å². The van der Waals surface area contributed by atoms with Crippen LogP contribution in [0.5, 0.6) is 0 Å². The highest BCUT2D eigenvalue weighted by atomic mass is 35.5. The summed E-state index contributed by atoms with van der Waals surface area (Å²) in [5.41, 5.74) is 0. The number of hydrogen-bond acceptors (Lipinski definition) is 2. The SMILES string of the molecule is C=N/C(Cl)=C\C(=C)OC. The Balaban J connectivity index is 3.94. The Kier molecular flexibility index (Phi) is 3.80. The normalized spacial score (nSPS) is 10.7. The molecule has 0 aromatic rings. The van der Waals surface area contributed by atoms with E-state index in [1.165, 1.54) is 13.2 Å². The number of ether oxygens (including phenoxy) is 1. The van der Waals surface area contributed by atoms with Crippen molar-refractivity contribution in [1.82, 2.24) is 0 Å². The van der Waals surface area contributed by atoms with Gasteiger partial charge in [-0.15, -0.1) is 0 Å². The standard InChI is InChI=1S/C6H8ClNO/c1-5(9-3)4-6(7)8-2/h4H,1-2H2,3H3/b6-4-. The lowest BCUT2D eigenvalue weighted by atomic mass is 10.5. The fourth-order valence-electron chi connectivity index (χ4n) is 0.237. The van der Waals surface area contributed by atoms with Crippen molar-refractivity contribution in [2.24, 2.45) is 4.99 Å². The van der Waals surface area contributed by atoms with Crippen LogP contribution in [0.15, 0.2) is 28.6 Å². The van der Waals surface area contributed by atoms with Gasteiger partial charge in [0.2, 0.25) is 0 Å². The van der Waals surface area contributed by atoms with E-state index in [1.54, 1.807) is 0 Å². The monoisotopic (exact) mass is 145 g/mol. The molecule has 50 valence electrons. The molecule has 2 nitrogen and oxygen atoms in total. The van der Waals surface area contributed by atoms with E-state index in [0.29, 0.717) is 5.76 Å². The third-order valence-corrected chi connectivity index (χ3v) is 0.922. The average Bonchev–Trinajstić information content (AvgIpc) is 1.87. The van der Waals surface area contributed by atoms with Gasteiger partial charge < -0.3 is 4.74 Å². The van der Waals surface area contributed by atoms with Crippen molar-refractivity contribution in [3.05, 3.63) is 23.6 Å². The third-order valence-electron chi connectivity index (χ3n) is 0.693. The number of halogens is 1. The molecule has 0 N–H and O–H groups in total. The van der Waals surface area contributed by atoms with Gasteiger partial charge in [-0.05, 0) is 6.72 Å². The van der Waals surface area contributed by atoms with Gasteiger partial charge in [-0.2, -0.15) is 0 Å². The molecular formula is C6H8ClNO. The second-order valence-electron chi connectivity index (χ2n) is 1.30. The molecule has 0 saturated carbocycles. The summed E-state index contributed by atoms with van der Waals surface area (Å²) < 4.78 is 4.68. The van der Waals surface area contributed by atoms with Gasteiger partial charge in [0.15, 0.2) is 0 Å².